The van der Waals surface area contributed by atoms with Crippen LogP contribution in [0.25, 0.3) is 0 Å². The van der Waals surface area contributed by atoms with Crippen molar-refractivity contribution in [3.05, 3.63) is 60.2 Å². The molecule has 2 amide bonds. The van der Waals surface area contributed by atoms with Crippen LogP contribution in [0.15, 0.2) is 54.6 Å². The molecule has 1 spiro atoms. The third-order valence-corrected chi connectivity index (χ3v) is 5.43. The molecule has 2 saturated heterocycles. The molecule has 26 heavy (non-hydrogen) atoms. The highest BCUT2D eigenvalue weighted by Crippen LogP contribution is 2.42. The zero-order valence-corrected chi connectivity index (χ0v) is 14.9. The normalized spacial score (nSPS) is 22.3. The van der Waals surface area contributed by atoms with Gasteiger partial charge in [-0.3, -0.25) is 9.59 Å². The summed E-state index contributed by atoms with van der Waals surface area (Å²) < 4.78 is 5.27. The Bertz CT molecular complexity index is 836. The molecule has 2 aliphatic heterocycles. The minimum Gasteiger partial charge on any atom is -0.497 e. The maximum absolute atomic E-state index is 12.7. The van der Waals surface area contributed by atoms with Gasteiger partial charge >= 0.3 is 0 Å². The molecule has 0 N–H and O–H groups in total. The zero-order valence-electron chi connectivity index (χ0n) is 14.9. The van der Waals surface area contributed by atoms with Crippen LogP contribution >= 0.6 is 0 Å². The lowest BCUT2D eigenvalue weighted by molar-refractivity contribution is -0.117. The first-order valence-electron chi connectivity index (χ1n) is 8.89. The second-order valence-corrected chi connectivity index (χ2v) is 7.20. The zero-order chi connectivity index (χ0) is 18.1. The summed E-state index contributed by atoms with van der Waals surface area (Å²) in [6.07, 6.45) is 1.35. The molecule has 2 aliphatic rings. The van der Waals surface area contributed by atoms with E-state index in [0.29, 0.717) is 31.6 Å². The van der Waals surface area contributed by atoms with E-state index in [0.717, 1.165) is 17.9 Å². The lowest BCUT2D eigenvalue weighted by Gasteiger charge is -2.24. The quantitative estimate of drug-likeness (QED) is 0.855. The highest BCUT2D eigenvalue weighted by atomic mass is 16.5. The number of carbonyl (C=O) groups is 2. The largest absolute Gasteiger partial charge is 0.497 e. The van der Waals surface area contributed by atoms with Crippen molar-refractivity contribution in [1.82, 2.24) is 4.90 Å². The van der Waals surface area contributed by atoms with Crippen LogP contribution in [0, 0.1) is 5.41 Å². The first kappa shape index (κ1) is 16.6. The molecule has 2 aromatic carbocycles. The number of likely N-dealkylation sites (tertiary alicyclic amines) is 1. The van der Waals surface area contributed by atoms with E-state index < -0.39 is 0 Å². The average molecular weight is 350 g/mol. The monoisotopic (exact) mass is 350 g/mol. The van der Waals surface area contributed by atoms with Crippen molar-refractivity contribution in [2.24, 2.45) is 5.41 Å². The maximum atomic E-state index is 12.7. The van der Waals surface area contributed by atoms with Gasteiger partial charge in [-0.1, -0.05) is 24.3 Å². The van der Waals surface area contributed by atoms with Gasteiger partial charge in [0.25, 0.3) is 5.91 Å². The number of ether oxygens (including phenoxy) is 1. The van der Waals surface area contributed by atoms with Gasteiger partial charge in [-0.2, -0.15) is 0 Å². The Hall–Kier alpha value is -2.82. The molecule has 2 heterocycles. The number of rotatable bonds is 3. The Morgan fingerprint density at radius 1 is 1.08 bits per heavy atom. The maximum Gasteiger partial charge on any atom is 0.253 e. The first-order valence-corrected chi connectivity index (χ1v) is 8.89. The summed E-state index contributed by atoms with van der Waals surface area (Å²) in [5.74, 6) is 0.908. The second-order valence-electron chi connectivity index (χ2n) is 7.20. The van der Waals surface area contributed by atoms with Gasteiger partial charge in [0.2, 0.25) is 5.91 Å². The molecule has 0 aliphatic carbocycles. The minimum absolute atomic E-state index is 0.0507. The van der Waals surface area contributed by atoms with Crippen molar-refractivity contribution in [2.75, 3.05) is 31.6 Å². The van der Waals surface area contributed by atoms with Crippen LogP contribution in [-0.2, 0) is 4.79 Å². The van der Waals surface area contributed by atoms with Crippen LogP contribution in [0.1, 0.15) is 23.2 Å². The van der Waals surface area contributed by atoms with Gasteiger partial charge in [0.1, 0.15) is 5.75 Å². The van der Waals surface area contributed by atoms with Crippen LogP contribution in [0.3, 0.4) is 0 Å². The molecule has 4 rings (SSSR count). The predicted molar refractivity (Wildman–Crippen MR) is 99.4 cm³/mol. The van der Waals surface area contributed by atoms with E-state index in [9.17, 15) is 9.59 Å². The summed E-state index contributed by atoms with van der Waals surface area (Å²) in [7, 11) is 1.62. The molecular formula is C21H22N2O3. The topological polar surface area (TPSA) is 49.9 Å². The van der Waals surface area contributed by atoms with E-state index in [1.54, 1.807) is 7.11 Å². The van der Waals surface area contributed by atoms with Crippen LogP contribution in [0.5, 0.6) is 5.75 Å². The molecule has 0 aromatic heterocycles. The van der Waals surface area contributed by atoms with Gasteiger partial charge in [0.15, 0.2) is 0 Å². The van der Waals surface area contributed by atoms with Gasteiger partial charge in [0.05, 0.1) is 7.11 Å². The highest BCUT2D eigenvalue weighted by Gasteiger charge is 2.48. The summed E-state index contributed by atoms with van der Waals surface area (Å²) in [5, 5.41) is 0. The fraction of sp³-hybridized carbons (Fsp3) is 0.333. The van der Waals surface area contributed by atoms with Gasteiger partial charge in [-0.15, -0.1) is 0 Å². The van der Waals surface area contributed by atoms with Crippen LogP contribution in [0.4, 0.5) is 5.69 Å². The predicted octanol–water partition coefficient (Wildman–Crippen LogP) is 2.96. The summed E-state index contributed by atoms with van der Waals surface area (Å²) in [5.41, 5.74) is 1.42. The number of anilines is 1. The standard InChI is InChI=1S/C21H22N2O3/c1-26-18-9-5-8-17(12-18)23-15-21(13-19(23)24)10-11-22(14-21)20(25)16-6-3-2-4-7-16/h2-9,12H,10-11,13-15H2,1H3/t21-/m1/s1. The number of benzene rings is 2. The third kappa shape index (κ3) is 2.94. The van der Waals surface area contributed by atoms with E-state index in [1.807, 2.05) is 64.4 Å². The van der Waals surface area contributed by atoms with E-state index in [4.69, 9.17) is 4.74 Å². The summed E-state index contributed by atoms with van der Waals surface area (Å²) >= 11 is 0. The van der Waals surface area contributed by atoms with Crippen molar-refractivity contribution in [3.63, 3.8) is 0 Å². The number of hydrogen-bond donors (Lipinski definition) is 0. The molecule has 2 aromatic rings. The van der Waals surface area contributed by atoms with Gasteiger partial charge in [-0.25, -0.2) is 0 Å². The molecule has 0 radical (unpaired) electrons. The minimum atomic E-state index is -0.148. The van der Waals surface area contributed by atoms with E-state index >= 15 is 0 Å². The highest BCUT2D eigenvalue weighted by molar-refractivity contribution is 5.97. The molecule has 134 valence electrons. The Kier molecular flexibility index (Phi) is 4.15. The van der Waals surface area contributed by atoms with Crippen molar-refractivity contribution in [3.8, 4) is 5.75 Å². The lowest BCUT2D eigenvalue weighted by Crippen LogP contribution is -2.34. The Balaban J connectivity index is 1.50. The fourth-order valence-electron chi connectivity index (χ4n) is 4.05. The van der Waals surface area contributed by atoms with Gasteiger partial charge in [0, 0.05) is 48.8 Å². The van der Waals surface area contributed by atoms with Crippen LogP contribution in [0.2, 0.25) is 0 Å². The van der Waals surface area contributed by atoms with E-state index in [2.05, 4.69) is 0 Å². The van der Waals surface area contributed by atoms with Crippen molar-refractivity contribution < 1.29 is 14.3 Å². The van der Waals surface area contributed by atoms with E-state index in [-0.39, 0.29) is 17.2 Å². The van der Waals surface area contributed by atoms with Crippen LogP contribution in [-0.4, -0.2) is 43.5 Å². The molecule has 0 bridgehead atoms. The molecule has 5 heteroatoms. The smallest absolute Gasteiger partial charge is 0.253 e. The van der Waals surface area contributed by atoms with Gasteiger partial charge < -0.3 is 14.5 Å². The summed E-state index contributed by atoms with van der Waals surface area (Å²) in [6, 6.07) is 16.9. The number of hydrogen-bond acceptors (Lipinski definition) is 3. The average Bonchev–Trinajstić information content (AvgIpc) is 3.24. The molecule has 0 saturated carbocycles. The Morgan fingerprint density at radius 2 is 1.88 bits per heavy atom. The fourth-order valence-corrected chi connectivity index (χ4v) is 4.05. The summed E-state index contributed by atoms with van der Waals surface area (Å²) in [6.45, 7) is 1.98. The Morgan fingerprint density at radius 3 is 2.65 bits per heavy atom. The molecule has 2 fully saturated rings. The molecule has 5 nitrogen and oxygen atoms in total. The number of carbonyl (C=O) groups excluding carboxylic acids is 2. The number of amides is 2. The number of methoxy groups -OCH3 is 1. The molecular weight excluding hydrogens is 328 g/mol. The van der Waals surface area contributed by atoms with Crippen LogP contribution < -0.4 is 9.64 Å². The van der Waals surface area contributed by atoms with Gasteiger partial charge in [-0.05, 0) is 30.7 Å². The summed E-state index contributed by atoms with van der Waals surface area (Å²) in [4.78, 5) is 29.1. The first-order chi connectivity index (χ1) is 12.6. The molecule has 1 atom stereocenters. The SMILES string of the molecule is COc1cccc(N2C[C@]3(CCN(C(=O)c4ccccc4)C3)CC2=O)c1. The second kappa shape index (κ2) is 6.48. The van der Waals surface area contributed by atoms with Crippen molar-refractivity contribution in [2.45, 2.75) is 12.8 Å². The lowest BCUT2D eigenvalue weighted by atomic mass is 9.86. The Labute approximate surface area is 153 Å². The van der Waals surface area contributed by atoms with Crippen molar-refractivity contribution in [1.29, 1.82) is 0 Å². The molecule has 0 unspecified atom stereocenters. The van der Waals surface area contributed by atoms with Crippen molar-refractivity contribution >= 4 is 17.5 Å². The third-order valence-electron chi connectivity index (χ3n) is 5.43. The van der Waals surface area contributed by atoms with E-state index in [1.165, 1.54) is 0 Å². The number of nitrogens with zero attached hydrogens (tertiary/aromatic N) is 2.